The molecule has 27 heavy (non-hydrogen) atoms. The lowest BCUT2D eigenvalue weighted by molar-refractivity contribution is 0.0288. The molecule has 0 bridgehead atoms. The minimum atomic E-state index is -0.235. The van der Waals surface area contributed by atoms with E-state index in [1.807, 2.05) is 11.8 Å². The lowest BCUT2D eigenvalue weighted by Crippen LogP contribution is -2.57. The van der Waals surface area contributed by atoms with E-state index in [0.717, 1.165) is 18.7 Å². The van der Waals surface area contributed by atoms with Crippen LogP contribution in [0.2, 0.25) is 0 Å². The zero-order valence-corrected chi connectivity index (χ0v) is 15.9. The van der Waals surface area contributed by atoms with Crippen molar-refractivity contribution in [1.29, 1.82) is 0 Å². The summed E-state index contributed by atoms with van der Waals surface area (Å²) in [7, 11) is 1.48. The Kier molecular flexibility index (Phi) is 5.60. The summed E-state index contributed by atoms with van der Waals surface area (Å²) >= 11 is 0. The molecule has 144 valence electrons. The largest absolute Gasteiger partial charge is 0.480 e. The van der Waals surface area contributed by atoms with Crippen LogP contribution >= 0.6 is 0 Å². The van der Waals surface area contributed by atoms with Crippen molar-refractivity contribution in [2.45, 2.75) is 32.5 Å². The van der Waals surface area contributed by atoms with Gasteiger partial charge in [0.15, 0.2) is 0 Å². The Bertz CT molecular complexity index is 812. The van der Waals surface area contributed by atoms with Crippen LogP contribution in [0.25, 0.3) is 0 Å². The fraction of sp³-hybridized carbons (Fsp3) is 0.400. The van der Waals surface area contributed by atoms with Gasteiger partial charge in [-0.1, -0.05) is 12.1 Å². The Morgan fingerprint density at radius 2 is 1.89 bits per heavy atom. The molecule has 0 saturated carbocycles. The fourth-order valence-electron chi connectivity index (χ4n) is 3.45. The molecule has 1 aliphatic rings. The molecule has 1 saturated heterocycles. The summed E-state index contributed by atoms with van der Waals surface area (Å²) in [5.41, 5.74) is 7.16. The molecule has 0 unspecified atom stereocenters. The number of nitrogens with two attached hydrogens (primary N) is 1. The summed E-state index contributed by atoms with van der Waals surface area (Å²) in [6.07, 6.45) is 0. The first-order valence-electron chi connectivity index (χ1n) is 8.99. The van der Waals surface area contributed by atoms with Gasteiger partial charge in [0.25, 0.3) is 5.91 Å². The average Bonchev–Trinajstić information content (AvgIpc) is 2.65. The molecule has 2 heterocycles. The van der Waals surface area contributed by atoms with E-state index in [1.165, 1.54) is 19.2 Å². The van der Waals surface area contributed by atoms with E-state index >= 15 is 0 Å². The van der Waals surface area contributed by atoms with E-state index < -0.39 is 0 Å². The van der Waals surface area contributed by atoms with Gasteiger partial charge < -0.3 is 15.4 Å². The molecule has 2 atom stereocenters. The van der Waals surface area contributed by atoms with Crippen molar-refractivity contribution < 1.29 is 13.9 Å². The number of halogens is 1. The highest BCUT2D eigenvalue weighted by molar-refractivity contribution is 5.97. The first kappa shape index (κ1) is 19.1. The third-order valence-corrected chi connectivity index (χ3v) is 4.98. The second-order valence-corrected chi connectivity index (χ2v) is 7.00. The number of amides is 1. The first-order chi connectivity index (χ1) is 12.9. The van der Waals surface area contributed by atoms with Crippen LogP contribution in [-0.2, 0) is 6.54 Å². The van der Waals surface area contributed by atoms with E-state index in [9.17, 15) is 9.18 Å². The Morgan fingerprint density at radius 3 is 2.56 bits per heavy atom. The molecule has 0 aliphatic carbocycles. The van der Waals surface area contributed by atoms with Crippen molar-refractivity contribution in [3.8, 4) is 5.88 Å². The van der Waals surface area contributed by atoms with Crippen molar-refractivity contribution >= 4 is 11.7 Å². The van der Waals surface area contributed by atoms with Crippen LogP contribution in [0.3, 0.4) is 0 Å². The third kappa shape index (κ3) is 4.19. The van der Waals surface area contributed by atoms with Crippen LogP contribution in [0.15, 0.2) is 36.4 Å². The molecule has 7 heteroatoms. The maximum Gasteiger partial charge on any atom is 0.259 e. The number of rotatable bonds is 4. The summed E-state index contributed by atoms with van der Waals surface area (Å²) in [4.78, 5) is 21.3. The van der Waals surface area contributed by atoms with Crippen LogP contribution in [0.1, 0.15) is 29.8 Å². The maximum absolute atomic E-state index is 13.1. The van der Waals surface area contributed by atoms with E-state index in [4.69, 9.17) is 10.5 Å². The number of nitrogen functional groups attached to an aromatic ring is 1. The van der Waals surface area contributed by atoms with E-state index in [2.05, 4.69) is 16.8 Å². The third-order valence-electron chi connectivity index (χ3n) is 4.98. The number of ether oxygens (including phenoxy) is 1. The van der Waals surface area contributed by atoms with Crippen LogP contribution in [-0.4, -0.2) is 53.0 Å². The number of nitrogens with zero attached hydrogens (tertiary/aromatic N) is 3. The SMILES string of the molecule is COc1nc(N)ccc1C(=O)N1C[C@H](C)N(Cc2ccc(F)cc2)C[C@H]1C. The number of methoxy groups -OCH3 is 1. The monoisotopic (exact) mass is 372 g/mol. The van der Waals surface area contributed by atoms with Gasteiger partial charge in [-0.3, -0.25) is 9.69 Å². The lowest BCUT2D eigenvalue weighted by atomic mass is 10.1. The van der Waals surface area contributed by atoms with E-state index in [-0.39, 0.29) is 29.7 Å². The normalized spacial score (nSPS) is 20.5. The standard InChI is InChI=1S/C20H25FN4O2/c1-13-11-25(20(26)17-8-9-18(22)23-19(17)27-3)14(2)10-24(13)12-15-4-6-16(21)7-5-15/h4-9,13-14H,10-12H2,1-3H3,(H2,22,23)/t13-,14+/m0/s1. The second kappa shape index (κ2) is 7.92. The molecule has 2 aromatic rings. The topological polar surface area (TPSA) is 71.7 Å². The molecule has 1 aliphatic heterocycles. The Labute approximate surface area is 158 Å². The molecule has 0 spiro atoms. The minimum absolute atomic E-state index is 0.0245. The van der Waals surface area contributed by atoms with Gasteiger partial charge in [-0.25, -0.2) is 4.39 Å². The molecule has 2 N–H and O–H groups in total. The summed E-state index contributed by atoms with van der Waals surface area (Å²) in [5, 5.41) is 0. The summed E-state index contributed by atoms with van der Waals surface area (Å²) in [6.45, 7) is 6.16. The molecule has 0 radical (unpaired) electrons. The molecular weight excluding hydrogens is 347 g/mol. The second-order valence-electron chi connectivity index (χ2n) is 7.00. The smallest absolute Gasteiger partial charge is 0.259 e. The molecule has 6 nitrogen and oxygen atoms in total. The van der Waals surface area contributed by atoms with Crippen LogP contribution in [0, 0.1) is 5.82 Å². The molecule has 3 rings (SSSR count). The number of pyridine rings is 1. The van der Waals surface area contributed by atoms with Crippen LogP contribution < -0.4 is 10.5 Å². The summed E-state index contributed by atoms with van der Waals surface area (Å²) in [5.74, 6) is 0.212. The summed E-state index contributed by atoms with van der Waals surface area (Å²) in [6, 6.07) is 10.0. The molecule has 1 aromatic heterocycles. The zero-order chi connectivity index (χ0) is 19.6. The predicted octanol–water partition coefficient (Wildman–Crippen LogP) is 2.55. The highest BCUT2D eigenvalue weighted by Crippen LogP contribution is 2.24. The molecule has 1 amide bonds. The van der Waals surface area contributed by atoms with Gasteiger partial charge in [-0.15, -0.1) is 0 Å². The maximum atomic E-state index is 13.1. The van der Waals surface area contributed by atoms with E-state index in [1.54, 1.807) is 24.3 Å². The lowest BCUT2D eigenvalue weighted by Gasteiger charge is -2.44. The Balaban J connectivity index is 1.73. The van der Waals surface area contributed by atoms with Crippen LogP contribution in [0.5, 0.6) is 5.88 Å². The number of hydrogen-bond acceptors (Lipinski definition) is 5. The van der Waals surface area contributed by atoms with Gasteiger partial charge >= 0.3 is 0 Å². The van der Waals surface area contributed by atoms with Gasteiger partial charge in [-0.05, 0) is 43.7 Å². The number of carbonyl (C=O) groups excluding carboxylic acids is 1. The van der Waals surface area contributed by atoms with Gasteiger partial charge in [-0.2, -0.15) is 4.98 Å². The number of aromatic nitrogens is 1. The molecule has 1 aromatic carbocycles. The highest BCUT2D eigenvalue weighted by atomic mass is 19.1. The zero-order valence-electron chi connectivity index (χ0n) is 15.9. The predicted molar refractivity (Wildman–Crippen MR) is 102 cm³/mol. The average molecular weight is 372 g/mol. The van der Waals surface area contributed by atoms with Crippen molar-refractivity contribution in [3.05, 3.63) is 53.3 Å². The number of hydrogen-bond donors (Lipinski definition) is 1. The number of carbonyl (C=O) groups is 1. The first-order valence-corrected chi connectivity index (χ1v) is 8.99. The van der Waals surface area contributed by atoms with Gasteiger partial charge in [0, 0.05) is 31.7 Å². The quantitative estimate of drug-likeness (QED) is 0.893. The van der Waals surface area contributed by atoms with Gasteiger partial charge in [0.1, 0.15) is 17.2 Å². The van der Waals surface area contributed by atoms with Crippen molar-refractivity contribution in [1.82, 2.24) is 14.8 Å². The minimum Gasteiger partial charge on any atom is -0.480 e. The highest BCUT2D eigenvalue weighted by Gasteiger charge is 2.33. The van der Waals surface area contributed by atoms with Crippen LogP contribution in [0.4, 0.5) is 10.2 Å². The summed E-state index contributed by atoms with van der Waals surface area (Å²) < 4.78 is 18.3. The van der Waals surface area contributed by atoms with Crippen molar-refractivity contribution in [2.24, 2.45) is 0 Å². The van der Waals surface area contributed by atoms with Gasteiger partial charge in [0.05, 0.1) is 7.11 Å². The van der Waals surface area contributed by atoms with Crippen molar-refractivity contribution in [3.63, 3.8) is 0 Å². The molecule has 1 fully saturated rings. The fourth-order valence-corrected chi connectivity index (χ4v) is 3.45. The molecular formula is C20H25FN4O2. The Hall–Kier alpha value is -2.67. The van der Waals surface area contributed by atoms with Crippen molar-refractivity contribution in [2.75, 3.05) is 25.9 Å². The number of anilines is 1. The Morgan fingerprint density at radius 1 is 1.19 bits per heavy atom. The number of benzene rings is 1. The number of piperazine rings is 1. The van der Waals surface area contributed by atoms with Gasteiger partial charge in [0.2, 0.25) is 5.88 Å². The van der Waals surface area contributed by atoms with E-state index in [0.29, 0.717) is 17.9 Å².